The first-order valence-electron chi connectivity index (χ1n) is 4.60. The zero-order valence-corrected chi connectivity index (χ0v) is 10.3. The Morgan fingerprint density at radius 3 is 2.94 bits per heavy atom. The van der Waals surface area contributed by atoms with E-state index in [9.17, 15) is 4.79 Å². The second kappa shape index (κ2) is 5.72. The van der Waals surface area contributed by atoms with Crippen molar-refractivity contribution in [2.45, 2.75) is 6.04 Å². The summed E-state index contributed by atoms with van der Waals surface area (Å²) in [6.45, 7) is 0.167. The van der Waals surface area contributed by atoms with Crippen LogP contribution in [0.1, 0.15) is 0 Å². The lowest BCUT2D eigenvalue weighted by Gasteiger charge is -2.11. The Bertz CT molecular complexity index is 384. The van der Waals surface area contributed by atoms with Gasteiger partial charge in [-0.15, -0.1) is 0 Å². The molecule has 0 saturated heterocycles. The van der Waals surface area contributed by atoms with Crippen molar-refractivity contribution in [3.8, 4) is 5.75 Å². The largest absolute Gasteiger partial charge is 0.495 e. The molecule has 16 heavy (non-hydrogen) atoms. The normalized spacial score (nSPS) is 11.9. The van der Waals surface area contributed by atoms with Crippen LogP contribution in [0.25, 0.3) is 0 Å². The Balaban J connectivity index is 2.64. The molecule has 0 bridgehead atoms. The topological polar surface area (TPSA) is 84.6 Å². The van der Waals surface area contributed by atoms with E-state index in [1.807, 2.05) is 6.07 Å². The quantitative estimate of drug-likeness (QED) is 0.760. The van der Waals surface area contributed by atoms with Crippen molar-refractivity contribution in [2.75, 3.05) is 19.0 Å². The van der Waals surface area contributed by atoms with Gasteiger partial charge in [0.25, 0.3) is 0 Å². The summed E-state index contributed by atoms with van der Waals surface area (Å²) >= 11 is 3.32. The highest BCUT2D eigenvalue weighted by atomic mass is 79.9. The van der Waals surface area contributed by atoms with Crippen molar-refractivity contribution in [3.63, 3.8) is 0 Å². The number of benzene rings is 1. The summed E-state index contributed by atoms with van der Waals surface area (Å²) in [6.07, 6.45) is 0. The van der Waals surface area contributed by atoms with E-state index in [-0.39, 0.29) is 6.54 Å². The number of methoxy groups -OCH3 is 1. The molecule has 1 aromatic carbocycles. The molecule has 0 aliphatic carbocycles. The zero-order chi connectivity index (χ0) is 12.1. The molecule has 1 unspecified atom stereocenters. The van der Waals surface area contributed by atoms with Crippen LogP contribution in [0, 0.1) is 0 Å². The summed E-state index contributed by atoms with van der Waals surface area (Å²) in [6, 6.07) is 4.46. The lowest BCUT2D eigenvalue weighted by molar-refractivity contribution is -0.138. The SMILES string of the molecule is COc1cc(NCC(N)C(=O)O)ccc1Br. The number of nitrogens with one attached hydrogen (secondary N) is 1. The molecule has 0 fully saturated rings. The summed E-state index contributed by atoms with van der Waals surface area (Å²) in [5.74, 6) is -0.356. The number of hydrogen-bond acceptors (Lipinski definition) is 4. The number of hydrogen-bond donors (Lipinski definition) is 3. The Kier molecular flexibility index (Phi) is 4.57. The number of ether oxygens (including phenoxy) is 1. The van der Waals surface area contributed by atoms with Crippen LogP contribution in [0.5, 0.6) is 5.75 Å². The number of anilines is 1. The number of rotatable bonds is 5. The molecule has 6 heteroatoms. The fourth-order valence-corrected chi connectivity index (χ4v) is 1.49. The second-order valence-electron chi connectivity index (χ2n) is 3.17. The number of aliphatic carboxylic acids is 1. The lowest BCUT2D eigenvalue weighted by Crippen LogP contribution is -2.36. The summed E-state index contributed by atoms with van der Waals surface area (Å²) in [7, 11) is 1.56. The molecule has 0 aliphatic heterocycles. The maximum absolute atomic E-state index is 10.5. The fourth-order valence-electron chi connectivity index (χ4n) is 1.08. The van der Waals surface area contributed by atoms with E-state index in [4.69, 9.17) is 15.6 Å². The summed E-state index contributed by atoms with van der Waals surface area (Å²) in [5, 5.41) is 11.5. The maximum atomic E-state index is 10.5. The van der Waals surface area contributed by atoms with Crippen LogP contribution < -0.4 is 15.8 Å². The molecule has 0 aromatic heterocycles. The first kappa shape index (κ1) is 12.8. The van der Waals surface area contributed by atoms with Gasteiger partial charge in [0.15, 0.2) is 0 Å². The van der Waals surface area contributed by atoms with Crippen molar-refractivity contribution in [1.82, 2.24) is 0 Å². The molecular weight excluding hydrogens is 276 g/mol. The zero-order valence-electron chi connectivity index (χ0n) is 8.74. The van der Waals surface area contributed by atoms with E-state index in [1.165, 1.54) is 0 Å². The van der Waals surface area contributed by atoms with E-state index >= 15 is 0 Å². The van der Waals surface area contributed by atoms with Gasteiger partial charge in [-0.2, -0.15) is 0 Å². The Labute approximate surface area is 102 Å². The molecule has 5 nitrogen and oxygen atoms in total. The van der Waals surface area contributed by atoms with E-state index in [1.54, 1.807) is 19.2 Å². The third-order valence-electron chi connectivity index (χ3n) is 1.99. The van der Waals surface area contributed by atoms with Crippen LogP contribution in [-0.4, -0.2) is 30.8 Å². The Hall–Kier alpha value is -1.27. The van der Waals surface area contributed by atoms with Crippen molar-refractivity contribution in [2.24, 2.45) is 5.73 Å². The van der Waals surface area contributed by atoms with Gasteiger partial charge in [-0.1, -0.05) is 0 Å². The predicted octanol–water partition coefficient (Wildman–Crippen LogP) is 1.28. The molecule has 0 spiro atoms. The van der Waals surface area contributed by atoms with Crippen molar-refractivity contribution in [3.05, 3.63) is 22.7 Å². The minimum Gasteiger partial charge on any atom is -0.495 e. The summed E-state index contributed by atoms with van der Waals surface area (Å²) < 4.78 is 5.94. The minimum atomic E-state index is -1.03. The lowest BCUT2D eigenvalue weighted by atomic mass is 10.2. The van der Waals surface area contributed by atoms with Gasteiger partial charge in [-0.25, -0.2) is 0 Å². The predicted molar refractivity (Wildman–Crippen MR) is 64.8 cm³/mol. The van der Waals surface area contributed by atoms with Gasteiger partial charge in [0.05, 0.1) is 11.6 Å². The van der Waals surface area contributed by atoms with Gasteiger partial charge < -0.3 is 20.9 Å². The van der Waals surface area contributed by atoms with Crippen LogP contribution in [-0.2, 0) is 4.79 Å². The van der Waals surface area contributed by atoms with Crippen LogP contribution >= 0.6 is 15.9 Å². The van der Waals surface area contributed by atoms with Crippen LogP contribution in [0.4, 0.5) is 5.69 Å². The highest BCUT2D eigenvalue weighted by molar-refractivity contribution is 9.10. The average molecular weight is 289 g/mol. The molecule has 0 radical (unpaired) electrons. The first-order chi connectivity index (χ1) is 7.54. The van der Waals surface area contributed by atoms with Crippen LogP contribution in [0.3, 0.4) is 0 Å². The molecule has 4 N–H and O–H groups in total. The van der Waals surface area contributed by atoms with E-state index in [2.05, 4.69) is 21.2 Å². The van der Waals surface area contributed by atoms with Gasteiger partial charge in [-0.3, -0.25) is 4.79 Å². The number of carboxylic acid groups (broad SMARTS) is 1. The smallest absolute Gasteiger partial charge is 0.322 e. The van der Waals surface area contributed by atoms with E-state index in [0.29, 0.717) is 5.75 Å². The molecule has 1 aromatic rings. The van der Waals surface area contributed by atoms with Gasteiger partial charge in [0.2, 0.25) is 0 Å². The number of nitrogens with two attached hydrogens (primary N) is 1. The molecule has 0 aliphatic rings. The number of halogens is 1. The Morgan fingerprint density at radius 1 is 1.69 bits per heavy atom. The van der Waals surface area contributed by atoms with Gasteiger partial charge >= 0.3 is 5.97 Å². The minimum absolute atomic E-state index is 0.167. The third kappa shape index (κ3) is 3.39. The fraction of sp³-hybridized carbons (Fsp3) is 0.300. The van der Waals surface area contributed by atoms with Crippen molar-refractivity contribution >= 4 is 27.6 Å². The van der Waals surface area contributed by atoms with Crippen molar-refractivity contribution in [1.29, 1.82) is 0 Å². The Morgan fingerprint density at radius 2 is 2.38 bits per heavy atom. The van der Waals surface area contributed by atoms with E-state index < -0.39 is 12.0 Å². The van der Waals surface area contributed by atoms with Crippen LogP contribution in [0.2, 0.25) is 0 Å². The molecule has 0 heterocycles. The number of carboxylic acids is 1. The average Bonchev–Trinajstić information content (AvgIpc) is 2.27. The van der Waals surface area contributed by atoms with Gasteiger partial charge in [0.1, 0.15) is 11.8 Å². The third-order valence-corrected chi connectivity index (χ3v) is 2.65. The number of carbonyl (C=O) groups is 1. The highest BCUT2D eigenvalue weighted by Crippen LogP contribution is 2.27. The molecule has 0 amide bonds. The monoisotopic (exact) mass is 288 g/mol. The molecule has 1 atom stereocenters. The maximum Gasteiger partial charge on any atom is 0.322 e. The molecule has 1 rings (SSSR count). The first-order valence-corrected chi connectivity index (χ1v) is 5.39. The molecule has 88 valence electrons. The van der Waals surface area contributed by atoms with Gasteiger partial charge in [0, 0.05) is 18.3 Å². The molecule has 0 saturated carbocycles. The van der Waals surface area contributed by atoms with Gasteiger partial charge in [-0.05, 0) is 28.1 Å². The summed E-state index contributed by atoms with van der Waals surface area (Å²) in [4.78, 5) is 10.5. The molecular formula is C10H13BrN2O3. The van der Waals surface area contributed by atoms with Crippen LogP contribution in [0.15, 0.2) is 22.7 Å². The van der Waals surface area contributed by atoms with Crippen molar-refractivity contribution < 1.29 is 14.6 Å². The standard InChI is InChI=1S/C10H13BrN2O3/c1-16-9-4-6(2-3-7(9)11)13-5-8(12)10(14)15/h2-4,8,13H,5,12H2,1H3,(H,14,15). The highest BCUT2D eigenvalue weighted by Gasteiger charge is 2.10. The second-order valence-corrected chi connectivity index (χ2v) is 4.03. The van der Waals surface area contributed by atoms with E-state index in [0.717, 1.165) is 10.2 Å². The summed E-state index contributed by atoms with van der Waals surface area (Å²) in [5.41, 5.74) is 6.12.